The van der Waals surface area contributed by atoms with Crippen LogP contribution in [0.5, 0.6) is 0 Å². The van der Waals surface area contributed by atoms with Gasteiger partial charge in [0.2, 0.25) is 5.91 Å². The molecule has 1 heterocycles. The summed E-state index contributed by atoms with van der Waals surface area (Å²) in [5, 5.41) is 7.61. The van der Waals surface area contributed by atoms with E-state index in [9.17, 15) is 4.79 Å². The van der Waals surface area contributed by atoms with Crippen LogP contribution in [0.3, 0.4) is 0 Å². The van der Waals surface area contributed by atoms with Crippen LogP contribution in [0.25, 0.3) is 0 Å². The molecule has 0 bridgehead atoms. The fourth-order valence-electron chi connectivity index (χ4n) is 2.68. The molecule has 2 N–H and O–H groups in total. The van der Waals surface area contributed by atoms with Crippen molar-refractivity contribution in [3.63, 3.8) is 0 Å². The first-order chi connectivity index (χ1) is 13.7. The second kappa shape index (κ2) is 12.1. The summed E-state index contributed by atoms with van der Waals surface area (Å²) in [6.07, 6.45) is 3.82. The number of nitrogens with zero attached hydrogens (tertiary/aromatic N) is 3. The van der Waals surface area contributed by atoms with E-state index in [1.54, 1.807) is 11.3 Å². The van der Waals surface area contributed by atoms with Crippen molar-refractivity contribution in [1.82, 2.24) is 20.5 Å². The lowest BCUT2D eigenvalue weighted by Crippen LogP contribution is -2.40. The number of aryl methyl sites for hydroxylation is 1. The van der Waals surface area contributed by atoms with Crippen LogP contribution < -0.4 is 10.6 Å². The number of likely N-dealkylation sites (N-methyl/N-ethyl adjacent to an activating group) is 1. The highest BCUT2D eigenvalue weighted by Gasteiger charge is 2.12. The zero-order valence-corrected chi connectivity index (χ0v) is 17.9. The fourth-order valence-corrected chi connectivity index (χ4v) is 3.55. The van der Waals surface area contributed by atoms with Crippen molar-refractivity contribution in [3.8, 4) is 0 Å². The molecule has 1 aromatic carbocycles. The number of hydrogen-bond acceptors (Lipinski definition) is 4. The highest BCUT2D eigenvalue weighted by Crippen LogP contribution is 2.13. The predicted molar refractivity (Wildman–Crippen MR) is 117 cm³/mol. The van der Waals surface area contributed by atoms with Gasteiger partial charge in [-0.25, -0.2) is 9.98 Å². The van der Waals surface area contributed by atoms with Crippen molar-refractivity contribution in [2.24, 2.45) is 4.99 Å². The van der Waals surface area contributed by atoms with Crippen LogP contribution in [0.2, 0.25) is 0 Å². The van der Waals surface area contributed by atoms with Crippen LogP contribution in [0.4, 0.5) is 0 Å². The smallest absolute Gasteiger partial charge is 0.244 e. The summed E-state index contributed by atoms with van der Waals surface area (Å²) in [6, 6.07) is 10.0. The van der Waals surface area contributed by atoms with E-state index in [1.807, 2.05) is 55.3 Å². The summed E-state index contributed by atoms with van der Waals surface area (Å²) in [7, 11) is 0. The standard InChI is InChI=1S/C21H31N5OS/c1-4-18-14-24-19(28-18)12-13-23-21(22-5-2)25-15-20(27)26(6-3)16-17-10-8-7-9-11-17/h7-11,14H,4-6,12-13,15-16H2,1-3H3,(H2,22,23,25). The second-order valence-electron chi connectivity index (χ2n) is 6.34. The van der Waals surface area contributed by atoms with Gasteiger partial charge in [-0.3, -0.25) is 4.79 Å². The van der Waals surface area contributed by atoms with Gasteiger partial charge in [0.1, 0.15) is 6.54 Å². The molecule has 0 aliphatic rings. The average molecular weight is 402 g/mol. The van der Waals surface area contributed by atoms with Crippen LogP contribution in [0, 0.1) is 0 Å². The SMILES string of the molecule is CCNC(=NCC(=O)N(CC)Cc1ccccc1)NCCc1ncc(CC)s1. The molecule has 2 rings (SSSR count). The van der Waals surface area contributed by atoms with Gasteiger partial charge in [-0.2, -0.15) is 0 Å². The minimum atomic E-state index is 0.0241. The van der Waals surface area contributed by atoms with Crippen LogP contribution in [0.1, 0.15) is 36.2 Å². The Morgan fingerprint density at radius 2 is 1.96 bits per heavy atom. The molecule has 1 aromatic heterocycles. The number of nitrogens with one attached hydrogen (secondary N) is 2. The Balaban J connectivity index is 1.86. The molecule has 0 aliphatic carbocycles. The summed E-state index contributed by atoms with van der Waals surface area (Å²) in [5.74, 6) is 0.690. The Labute approximate surface area is 172 Å². The van der Waals surface area contributed by atoms with Gasteiger partial charge >= 0.3 is 0 Å². The Morgan fingerprint density at radius 3 is 2.61 bits per heavy atom. The third-order valence-corrected chi connectivity index (χ3v) is 5.45. The van der Waals surface area contributed by atoms with Crippen molar-refractivity contribution in [1.29, 1.82) is 0 Å². The molecular formula is C21H31N5OS. The number of aromatic nitrogens is 1. The number of thiazole rings is 1. The third-order valence-electron chi connectivity index (χ3n) is 4.25. The van der Waals surface area contributed by atoms with Crippen LogP contribution in [-0.4, -0.2) is 47.9 Å². The second-order valence-corrected chi connectivity index (χ2v) is 7.54. The van der Waals surface area contributed by atoms with Crippen LogP contribution in [-0.2, 0) is 24.2 Å². The van der Waals surface area contributed by atoms with Gasteiger partial charge in [0.25, 0.3) is 0 Å². The lowest BCUT2D eigenvalue weighted by atomic mass is 10.2. The van der Waals surface area contributed by atoms with E-state index in [4.69, 9.17) is 0 Å². The van der Waals surface area contributed by atoms with E-state index in [2.05, 4.69) is 27.5 Å². The summed E-state index contributed by atoms with van der Waals surface area (Å²) >= 11 is 1.75. The van der Waals surface area contributed by atoms with Gasteiger partial charge in [-0.1, -0.05) is 37.3 Å². The minimum absolute atomic E-state index is 0.0241. The van der Waals surface area contributed by atoms with Gasteiger partial charge in [-0.15, -0.1) is 11.3 Å². The van der Waals surface area contributed by atoms with Gasteiger partial charge in [0.05, 0.1) is 5.01 Å². The summed E-state index contributed by atoms with van der Waals surface area (Å²) in [4.78, 5) is 24.6. The molecule has 0 aliphatic heterocycles. The van der Waals surface area contributed by atoms with E-state index < -0.39 is 0 Å². The van der Waals surface area contributed by atoms with Crippen LogP contribution in [0.15, 0.2) is 41.5 Å². The molecule has 2 aromatic rings. The number of hydrogen-bond donors (Lipinski definition) is 2. The minimum Gasteiger partial charge on any atom is -0.357 e. The number of guanidine groups is 1. The number of rotatable bonds is 10. The maximum absolute atomic E-state index is 12.6. The topological polar surface area (TPSA) is 69.6 Å². The molecule has 0 atom stereocenters. The van der Waals surface area contributed by atoms with Crippen molar-refractivity contribution in [3.05, 3.63) is 52.0 Å². The quantitative estimate of drug-likeness (QED) is 0.474. The predicted octanol–water partition coefficient (Wildman–Crippen LogP) is 2.85. The van der Waals surface area contributed by atoms with E-state index in [0.717, 1.165) is 36.5 Å². The maximum atomic E-state index is 12.6. The molecule has 1 amide bonds. The maximum Gasteiger partial charge on any atom is 0.244 e. The monoisotopic (exact) mass is 401 g/mol. The average Bonchev–Trinajstić information content (AvgIpc) is 3.18. The zero-order chi connectivity index (χ0) is 20.2. The number of carbonyl (C=O) groups excluding carboxylic acids is 1. The van der Waals surface area contributed by atoms with Gasteiger partial charge in [-0.05, 0) is 25.8 Å². The summed E-state index contributed by atoms with van der Waals surface area (Å²) in [5.41, 5.74) is 1.13. The molecule has 152 valence electrons. The van der Waals surface area contributed by atoms with Crippen LogP contribution >= 0.6 is 11.3 Å². The van der Waals surface area contributed by atoms with Crippen molar-refractivity contribution >= 4 is 23.2 Å². The molecule has 0 spiro atoms. The van der Waals surface area contributed by atoms with E-state index in [-0.39, 0.29) is 12.5 Å². The molecular weight excluding hydrogens is 370 g/mol. The van der Waals surface area contributed by atoms with Crippen molar-refractivity contribution in [2.75, 3.05) is 26.2 Å². The van der Waals surface area contributed by atoms with E-state index in [1.165, 1.54) is 4.88 Å². The van der Waals surface area contributed by atoms with Crippen molar-refractivity contribution < 1.29 is 4.79 Å². The Kier molecular flexibility index (Phi) is 9.48. The molecule has 28 heavy (non-hydrogen) atoms. The molecule has 0 fully saturated rings. The Hall–Kier alpha value is -2.41. The van der Waals surface area contributed by atoms with Crippen molar-refractivity contribution in [2.45, 2.75) is 40.2 Å². The van der Waals surface area contributed by atoms with E-state index in [0.29, 0.717) is 19.0 Å². The lowest BCUT2D eigenvalue weighted by Gasteiger charge is -2.20. The molecule has 7 heteroatoms. The zero-order valence-electron chi connectivity index (χ0n) is 17.1. The molecule has 0 saturated carbocycles. The van der Waals surface area contributed by atoms with Gasteiger partial charge < -0.3 is 15.5 Å². The highest BCUT2D eigenvalue weighted by molar-refractivity contribution is 7.11. The number of benzene rings is 1. The molecule has 0 radical (unpaired) electrons. The number of amides is 1. The number of carbonyl (C=O) groups is 1. The highest BCUT2D eigenvalue weighted by atomic mass is 32.1. The largest absolute Gasteiger partial charge is 0.357 e. The first-order valence-corrected chi connectivity index (χ1v) is 10.7. The van der Waals surface area contributed by atoms with Gasteiger partial charge in [0, 0.05) is 43.7 Å². The van der Waals surface area contributed by atoms with Gasteiger partial charge in [0.15, 0.2) is 5.96 Å². The summed E-state index contributed by atoms with van der Waals surface area (Å²) in [6.45, 7) is 9.04. The molecule has 0 saturated heterocycles. The first kappa shape index (κ1) is 21.9. The lowest BCUT2D eigenvalue weighted by molar-refractivity contribution is -0.130. The normalized spacial score (nSPS) is 11.3. The fraction of sp³-hybridized carbons (Fsp3) is 0.476. The third kappa shape index (κ3) is 7.31. The summed E-state index contributed by atoms with van der Waals surface area (Å²) < 4.78 is 0. The molecule has 0 unspecified atom stereocenters. The van der Waals surface area contributed by atoms with E-state index >= 15 is 0 Å². The first-order valence-electron chi connectivity index (χ1n) is 9.93. The Bertz CT molecular complexity index is 744. The number of aliphatic imine (C=N–C) groups is 1. The Morgan fingerprint density at radius 1 is 1.18 bits per heavy atom. The molecule has 6 nitrogen and oxygen atoms in total.